The van der Waals surface area contributed by atoms with Crippen LogP contribution in [0.25, 0.3) is 0 Å². The molecule has 1 saturated heterocycles. The highest BCUT2D eigenvalue weighted by molar-refractivity contribution is 5.44. The minimum atomic E-state index is 0.434. The Morgan fingerprint density at radius 2 is 2.06 bits per heavy atom. The van der Waals surface area contributed by atoms with Gasteiger partial charge >= 0.3 is 0 Å². The molecule has 0 radical (unpaired) electrons. The lowest BCUT2D eigenvalue weighted by molar-refractivity contribution is 0.0690. The average Bonchev–Trinajstić information content (AvgIpc) is 2.39. The molecule has 0 saturated carbocycles. The van der Waals surface area contributed by atoms with Crippen molar-refractivity contribution in [3.05, 3.63) is 28.8 Å². The van der Waals surface area contributed by atoms with Crippen molar-refractivity contribution in [2.75, 3.05) is 26.4 Å². The normalized spacial score (nSPS) is 19.8. The van der Waals surface area contributed by atoms with Crippen molar-refractivity contribution < 1.29 is 9.47 Å². The van der Waals surface area contributed by atoms with Crippen LogP contribution in [-0.2, 0) is 4.74 Å². The first-order valence-electron chi connectivity index (χ1n) is 6.69. The van der Waals surface area contributed by atoms with Gasteiger partial charge in [-0.15, -0.1) is 0 Å². The van der Waals surface area contributed by atoms with Crippen LogP contribution in [0.1, 0.15) is 23.1 Å². The van der Waals surface area contributed by atoms with E-state index < -0.39 is 0 Å². The Morgan fingerprint density at radius 1 is 1.28 bits per heavy atom. The summed E-state index contributed by atoms with van der Waals surface area (Å²) >= 11 is 0. The van der Waals surface area contributed by atoms with E-state index in [2.05, 4.69) is 38.2 Å². The Labute approximate surface area is 109 Å². The van der Waals surface area contributed by atoms with Gasteiger partial charge in [0.15, 0.2) is 0 Å². The van der Waals surface area contributed by atoms with Crippen LogP contribution < -0.4 is 10.1 Å². The van der Waals surface area contributed by atoms with Crippen molar-refractivity contribution in [2.45, 2.75) is 33.2 Å². The van der Waals surface area contributed by atoms with E-state index in [9.17, 15) is 0 Å². The summed E-state index contributed by atoms with van der Waals surface area (Å²) in [5.74, 6) is 1.05. The third-order valence-electron chi connectivity index (χ3n) is 3.58. The quantitative estimate of drug-likeness (QED) is 0.888. The van der Waals surface area contributed by atoms with Crippen molar-refractivity contribution in [1.82, 2.24) is 5.32 Å². The van der Waals surface area contributed by atoms with E-state index in [4.69, 9.17) is 9.47 Å². The van der Waals surface area contributed by atoms with Crippen LogP contribution in [0.3, 0.4) is 0 Å². The van der Waals surface area contributed by atoms with E-state index in [1.165, 1.54) is 16.7 Å². The monoisotopic (exact) mass is 249 g/mol. The van der Waals surface area contributed by atoms with E-state index in [1.807, 2.05) is 0 Å². The molecule has 18 heavy (non-hydrogen) atoms. The minimum Gasteiger partial charge on any atom is -0.493 e. The zero-order valence-electron chi connectivity index (χ0n) is 11.6. The van der Waals surface area contributed by atoms with Gasteiger partial charge in [-0.1, -0.05) is 12.1 Å². The van der Waals surface area contributed by atoms with E-state index in [0.29, 0.717) is 6.04 Å². The summed E-state index contributed by atoms with van der Waals surface area (Å²) in [6, 6.07) is 4.71. The van der Waals surface area contributed by atoms with E-state index in [0.717, 1.165) is 38.5 Å². The predicted molar refractivity (Wildman–Crippen MR) is 73.4 cm³/mol. The largest absolute Gasteiger partial charge is 0.493 e. The summed E-state index contributed by atoms with van der Waals surface area (Å²) in [7, 11) is 0. The van der Waals surface area contributed by atoms with Gasteiger partial charge in [0.2, 0.25) is 0 Å². The van der Waals surface area contributed by atoms with Crippen molar-refractivity contribution >= 4 is 0 Å². The van der Waals surface area contributed by atoms with Crippen LogP contribution in [0.4, 0.5) is 0 Å². The first kappa shape index (κ1) is 13.4. The maximum atomic E-state index is 5.96. The smallest absolute Gasteiger partial charge is 0.125 e. The number of nitrogens with one attached hydrogen (secondary N) is 1. The molecule has 0 bridgehead atoms. The second kappa shape index (κ2) is 6.21. The number of ether oxygens (including phenoxy) is 2. The molecule has 3 heteroatoms. The zero-order chi connectivity index (χ0) is 13.0. The van der Waals surface area contributed by atoms with Crippen molar-refractivity contribution in [3.8, 4) is 5.75 Å². The second-order valence-electron chi connectivity index (χ2n) is 5.02. The molecular formula is C15H23NO2. The second-order valence-corrected chi connectivity index (χ2v) is 5.02. The predicted octanol–water partition coefficient (Wildman–Crippen LogP) is 2.37. The van der Waals surface area contributed by atoms with Gasteiger partial charge < -0.3 is 14.8 Å². The molecule has 1 unspecified atom stereocenters. The van der Waals surface area contributed by atoms with Crippen molar-refractivity contribution in [2.24, 2.45) is 0 Å². The Hall–Kier alpha value is -1.06. The molecule has 1 fully saturated rings. The van der Waals surface area contributed by atoms with Crippen LogP contribution >= 0.6 is 0 Å². The summed E-state index contributed by atoms with van der Waals surface area (Å²) in [6.45, 7) is 9.67. The highest BCUT2D eigenvalue weighted by Gasteiger charge is 2.13. The summed E-state index contributed by atoms with van der Waals surface area (Å²) < 4.78 is 11.4. The lowest BCUT2D eigenvalue weighted by atomic mass is 10.1. The fourth-order valence-corrected chi connectivity index (χ4v) is 2.26. The third-order valence-corrected chi connectivity index (χ3v) is 3.58. The molecule has 0 amide bonds. The van der Waals surface area contributed by atoms with Crippen molar-refractivity contribution in [3.63, 3.8) is 0 Å². The molecule has 1 aliphatic rings. The highest BCUT2D eigenvalue weighted by Crippen LogP contribution is 2.25. The maximum Gasteiger partial charge on any atom is 0.125 e. The first-order valence-corrected chi connectivity index (χ1v) is 6.69. The van der Waals surface area contributed by atoms with Crippen molar-refractivity contribution in [1.29, 1.82) is 0 Å². The van der Waals surface area contributed by atoms with Gasteiger partial charge in [-0.05, 0) is 43.9 Å². The number of morpholine rings is 1. The Kier molecular flexibility index (Phi) is 4.61. The molecule has 1 heterocycles. The molecule has 100 valence electrons. The Morgan fingerprint density at radius 3 is 2.78 bits per heavy atom. The third kappa shape index (κ3) is 3.24. The molecule has 1 aromatic carbocycles. The van der Waals surface area contributed by atoms with E-state index in [-0.39, 0.29) is 0 Å². The number of rotatable bonds is 4. The summed E-state index contributed by atoms with van der Waals surface area (Å²) in [6.07, 6.45) is 0.993. The molecule has 0 aromatic heterocycles. The van der Waals surface area contributed by atoms with Gasteiger partial charge in [0.1, 0.15) is 5.75 Å². The average molecular weight is 249 g/mol. The summed E-state index contributed by atoms with van der Waals surface area (Å²) in [5.41, 5.74) is 3.75. The fourth-order valence-electron chi connectivity index (χ4n) is 2.26. The zero-order valence-corrected chi connectivity index (χ0v) is 11.6. The van der Waals surface area contributed by atoms with E-state index >= 15 is 0 Å². The van der Waals surface area contributed by atoms with Gasteiger partial charge in [0, 0.05) is 12.6 Å². The Balaban J connectivity index is 1.88. The topological polar surface area (TPSA) is 30.5 Å². The molecule has 1 aliphatic heterocycles. The number of benzene rings is 1. The van der Waals surface area contributed by atoms with Gasteiger partial charge in [0.25, 0.3) is 0 Å². The molecule has 1 N–H and O–H groups in total. The fraction of sp³-hybridized carbons (Fsp3) is 0.600. The van der Waals surface area contributed by atoms with Crippen LogP contribution in [0.15, 0.2) is 12.1 Å². The molecular weight excluding hydrogens is 226 g/mol. The van der Waals surface area contributed by atoms with Crippen LogP contribution in [0, 0.1) is 20.8 Å². The Bertz CT molecular complexity index is 398. The molecule has 0 aliphatic carbocycles. The molecule has 1 atom stereocenters. The van der Waals surface area contributed by atoms with Crippen LogP contribution in [-0.4, -0.2) is 32.4 Å². The van der Waals surface area contributed by atoms with Gasteiger partial charge in [-0.25, -0.2) is 0 Å². The van der Waals surface area contributed by atoms with Crippen LogP contribution in [0.2, 0.25) is 0 Å². The molecule has 0 spiro atoms. The van der Waals surface area contributed by atoms with Gasteiger partial charge in [-0.3, -0.25) is 0 Å². The molecule has 3 nitrogen and oxygen atoms in total. The SMILES string of the molecule is Cc1ccc(C)c(OCCC2COCCN2)c1C. The summed E-state index contributed by atoms with van der Waals surface area (Å²) in [5, 5.41) is 3.44. The van der Waals surface area contributed by atoms with E-state index in [1.54, 1.807) is 0 Å². The molecule has 2 rings (SSSR count). The standard InChI is InChI=1S/C15H23NO2/c1-11-4-5-12(2)15(13(11)3)18-8-6-14-10-17-9-7-16-14/h4-5,14,16H,6-10H2,1-3H3. The maximum absolute atomic E-state index is 5.96. The number of hydrogen-bond acceptors (Lipinski definition) is 3. The van der Waals surface area contributed by atoms with Gasteiger partial charge in [0.05, 0.1) is 19.8 Å². The number of hydrogen-bond donors (Lipinski definition) is 1. The number of aryl methyl sites for hydroxylation is 2. The highest BCUT2D eigenvalue weighted by atomic mass is 16.5. The lowest BCUT2D eigenvalue weighted by Gasteiger charge is -2.24. The molecule has 1 aromatic rings. The minimum absolute atomic E-state index is 0.434. The summed E-state index contributed by atoms with van der Waals surface area (Å²) in [4.78, 5) is 0. The lowest BCUT2D eigenvalue weighted by Crippen LogP contribution is -2.42. The first-order chi connectivity index (χ1) is 8.68. The van der Waals surface area contributed by atoms with Gasteiger partial charge in [-0.2, -0.15) is 0 Å². The van der Waals surface area contributed by atoms with Crippen LogP contribution in [0.5, 0.6) is 5.75 Å².